The van der Waals surface area contributed by atoms with Crippen LogP contribution < -0.4 is 10.1 Å². The van der Waals surface area contributed by atoms with E-state index in [0.717, 1.165) is 5.56 Å². The van der Waals surface area contributed by atoms with Crippen LogP contribution in [0.4, 0.5) is 14.9 Å². The van der Waals surface area contributed by atoms with E-state index in [2.05, 4.69) is 5.32 Å². The van der Waals surface area contributed by atoms with Crippen LogP contribution in [0.5, 0.6) is 5.75 Å². The molecule has 1 aromatic heterocycles. The van der Waals surface area contributed by atoms with E-state index in [0.29, 0.717) is 65.3 Å². The number of carbonyl (C=O) groups is 2. The average Bonchev–Trinajstić information content (AvgIpc) is 3.29. The van der Waals surface area contributed by atoms with Crippen molar-refractivity contribution in [2.24, 2.45) is 0 Å². The first-order chi connectivity index (χ1) is 18.9. The Balaban J connectivity index is 1.39. The molecular formula is C30H28ClFN4O3. The second-order valence-corrected chi connectivity index (χ2v) is 9.70. The smallest absolute Gasteiger partial charge is 0.321 e. The zero-order valence-electron chi connectivity index (χ0n) is 21.7. The molecule has 4 aromatic rings. The van der Waals surface area contributed by atoms with Crippen molar-refractivity contribution in [3.8, 4) is 22.7 Å². The fraction of sp³-hybridized carbons (Fsp3) is 0.200. The summed E-state index contributed by atoms with van der Waals surface area (Å²) >= 11 is 6.02. The number of ether oxygens (including phenoxy) is 1. The van der Waals surface area contributed by atoms with Crippen LogP contribution in [-0.2, 0) is 0 Å². The molecule has 3 amide bonds. The number of carbonyl (C=O) groups excluding carboxylic acids is 2. The molecule has 9 heteroatoms. The molecule has 0 unspecified atom stereocenters. The maximum Gasteiger partial charge on any atom is 0.321 e. The second kappa shape index (κ2) is 11.2. The van der Waals surface area contributed by atoms with Crippen LogP contribution >= 0.6 is 11.6 Å². The van der Waals surface area contributed by atoms with Gasteiger partial charge in [0.25, 0.3) is 5.91 Å². The molecule has 1 saturated heterocycles. The summed E-state index contributed by atoms with van der Waals surface area (Å²) in [4.78, 5) is 29.9. The molecule has 0 saturated carbocycles. The van der Waals surface area contributed by atoms with Crippen LogP contribution in [0.1, 0.15) is 16.1 Å². The third-order valence-corrected chi connectivity index (χ3v) is 7.10. The van der Waals surface area contributed by atoms with Gasteiger partial charge in [-0.3, -0.25) is 4.79 Å². The highest BCUT2D eigenvalue weighted by atomic mass is 35.5. The third-order valence-electron chi connectivity index (χ3n) is 6.87. The summed E-state index contributed by atoms with van der Waals surface area (Å²) in [6, 6.07) is 22.5. The van der Waals surface area contributed by atoms with Crippen molar-refractivity contribution in [2.75, 3.05) is 38.6 Å². The van der Waals surface area contributed by atoms with Crippen LogP contribution in [0.25, 0.3) is 16.9 Å². The number of anilines is 1. The number of piperazine rings is 1. The quantitative estimate of drug-likeness (QED) is 0.322. The molecule has 3 aromatic carbocycles. The van der Waals surface area contributed by atoms with E-state index < -0.39 is 5.82 Å². The molecule has 7 nitrogen and oxygen atoms in total. The number of benzene rings is 3. The largest absolute Gasteiger partial charge is 0.497 e. The summed E-state index contributed by atoms with van der Waals surface area (Å²) in [5.41, 5.74) is 3.55. The molecular weight excluding hydrogens is 519 g/mol. The number of urea groups is 1. The molecule has 1 aliphatic rings. The zero-order valence-corrected chi connectivity index (χ0v) is 22.4. The van der Waals surface area contributed by atoms with Crippen LogP contribution in [0.3, 0.4) is 0 Å². The van der Waals surface area contributed by atoms with Crippen molar-refractivity contribution in [1.29, 1.82) is 0 Å². The van der Waals surface area contributed by atoms with Crippen LogP contribution in [0.2, 0.25) is 5.02 Å². The van der Waals surface area contributed by atoms with Crippen molar-refractivity contribution < 1.29 is 18.7 Å². The van der Waals surface area contributed by atoms with Gasteiger partial charge in [-0.25, -0.2) is 9.18 Å². The van der Waals surface area contributed by atoms with Gasteiger partial charge >= 0.3 is 6.03 Å². The van der Waals surface area contributed by atoms with E-state index in [-0.39, 0.29) is 11.9 Å². The molecule has 1 N–H and O–H groups in total. The number of rotatable bonds is 5. The zero-order chi connectivity index (χ0) is 27.5. The van der Waals surface area contributed by atoms with E-state index in [9.17, 15) is 14.0 Å². The van der Waals surface area contributed by atoms with Gasteiger partial charge in [-0.15, -0.1) is 0 Å². The fourth-order valence-corrected chi connectivity index (χ4v) is 5.00. The highest BCUT2D eigenvalue weighted by molar-refractivity contribution is 6.30. The Morgan fingerprint density at radius 1 is 0.897 bits per heavy atom. The summed E-state index contributed by atoms with van der Waals surface area (Å²) in [6.45, 7) is 3.33. The van der Waals surface area contributed by atoms with Crippen molar-refractivity contribution in [1.82, 2.24) is 14.4 Å². The lowest BCUT2D eigenvalue weighted by Crippen LogP contribution is -2.51. The molecule has 5 rings (SSSR count). The standard InChI is InChI=1S/C30H28ClFN4O3/c1-20-25(29(37)34-13-15-35(16-14-34)30(38)33-23-9-6-8-22(31)18-23)19-28(21-7-5-10-24(17-21)39-2)36(20)27-12-4-3-11-26(27)32/h3-12,17-19H,13-16H2,1-2H3,(H,33,38). The molecule has 200 valence electrons. The topological polar surface area (TPSA) is 66.8 Å². The first-order valence-corrected chi connectivity index (χ1v) is 13.0. The Bertz CT molecular complexity index is 1530. The predicted molar refractivity (Wildman–Crippen MR) is 150 cm³/mol. The van der Waals surface area contributed by atoms with E-state index in [4.69, 9.17) is 16.3 Å². The van der Waals surface area contributed by atoms with Gasteiger partial charge in [0.15, 0.2) is 0 Å². The van der Waals surface area contributed by atoms with E-state index in [1.165, 1.54) is 6.07 Å². The second-order valence-electron chi connectivity index (χ2n) is 9.27. The Hall–Kier alpha value is -4.30. The van der Waals surface area contributed by atoms with Crippen LogP contribution in [-0.4, -0.2) is 59.6 Å². The molecule has 0 radical (unpaired) electrons. The summed E-state index contributed by atoms with van der Waals surface area (Å²) < 4.78 is 22.1. The number of methoxy groups -OCH3 is 1. The molecule has 2 heterocycles. The van der Waals surface area contributed by atoms with Crippen molar-refractivity contribution in [3.63, 3.8) is 0 Å². The summed E-state index contributed by atoms with van der Waals surface area (Å²) in [5.74, 6) is 0.104. The lowest BCUT2D eigenvalue weighted by molar-refractivity contribution is 0.0671. The van der Waals surface area contributed by atoms with Crippen molar-refractivity contribution in [3.05, 3.63) is 101 Å². The van der Waals surface area contributed by atoms with E-state index in [1.54, 1.807) is 70.0 Å². The van der Waals surface area contributed by atoms with Gasteiger partial charge in [0.2, 0.25) is 0 Å². The lowest BCUT2D eigenvalue weighted by atomic mass is 10.1. The molecule has 0 bridgehead atoms. The number of hydrogen-bond donors (Lipinski definition) is 1. The van der Waals surface area contributed by atoms with E-state index in [1.807, 2.05) is 31.2 Å². The van der Waals surface area contributed by atoms with Crippen molar-refractivity contribution >= 4 is 29.2 Å². The normalized spacial score (nSPS) is 13.3. The Morgan fingerprint density at radius 3 is 2.33 bits per heavy atom. The summed E-state index contributed by atoms with van der Waals surface area (Å²) in [7, 11) is 1.59. The van der Waals surface area contributed by atoms with Crippen molar-refractivity contribution in [2.45, 2.75) is 6.92 Å². The number of halogens is 2. The Morgan fingerprint density at radius 2 is 1.62 bits per heavy atom. The van der Waals surface area contributed by atoms with Gasteiger partial charge in [-0.2, -0.15) is 0 Å². The highest BCUT2D eigenvalue weighted by Crippen LogP contribution is 2.33. The highest BCUT2D eigenvalue weighted by Gasteiger charge is 2.28. The summed E-state index contributed by atoms with van der Waals surface area (Å²) in [6.07, 6.45) is 0. The third kappa shape index (κ3) is 5.47. The number of hydrogen-bond acceptors (Lipinski definition) is 3. The lowest BCUT2D eigenvalue weighted by Gasteiger charge is -2.34. The van der Waals surface area contributed by atoms with Crippen LogP contribution in [0, 0.1) is 12.7 Å². The van der Waals surface area contributed by atoms with Gasteiger partial charge in [-0.05, 0) is 55.5 Å². The predicted octanol–water partition coefficient (Wildman–Crippen LogP) is 6.24. The molecule has 0 aliphatic carbocycles. The number of nitrogens with one attached hydrogen (secondary N) is 1. The minimum absolute atomic E-state index is 0.165. The average molecular weight is 547 g/mol. The number of nitrogens with zero attached hydrogens (tertiary/aromatic N) is 3. The first kappa shape index (κ1) is 26.3. The van der Waals surface area contributed by atoms with Gasteiger partial charge in [0.05, 0.1) is 24.1 Å². The molecule has 0 spiro atoms. The molecule has 1 fully saturated rings. The number of aromatic nitrogens is 1. The molecule has 1 aliphatic heterocycles. The Labute approximate surface area is 231 Å². The SMILES string of the molecule is COc1cccc(-c2cc(C(=O)N3CCN(C(=O)Nc4cccc(Cl)c4)CC3)c(C)n2-c2ccccc2F)c1. The van der Waals surface area contributed by atoms with E-state index >= 15 is 0 Å². The van der Waals surface area contributed by atoms with Crippen LogP contribution in [0.15, 0.2) is 78.9 Å². The fourth-order valence-electron chi connectivity index (χ4n) is 4.81. The van der Waals surface area contributed by atoms with Gasteiger partial charge < -0.3 is 24.4 Å². The number of para-hydroxylation sites is 1. The van der Waals surface area contributed by atoms with Gasteiger partial charge in [-0.1, -0.05) is 41.9 Å². The molecule has 0 atom stereocenters. The first-order valence-electron chi connectivity index (χ1n) is 12.6. The molecule has 39 heavy (non-hydrogen) atoms. The summed E-state index contributed by atoms with van der Waals surface area (Å²) in [5, 5.41) is 3.39. The Kier molecular flexibility index (Phi) is 7.56. The number of amides is 3. The maximum atomic E-state index is 15.0. The van der Waals surface area contributed by atoms with Gasteiger partial charge in [0.1, 0.15) is 11.6 Å². The van der Waals surface area contributed by atoms with Gasteiger partial charge in [0, 0.05) is 48.1 Å². The maximum absolute atomic E-state index is 15.0. The monoisotopic (exact) mass is 546 g/mol. The minimum Gasteiger partial charge on any atom is -0.497 e. The minimum atomic E-state index is -0.390.